The molecule has 170 valence electrons. The van der Waals surface area contributed by atoms with Crippen LogP contribution in [0, 0.1) is 0 Å². The van der Waals surface area contributed by atoms with Gasteiger partial charge >= 0.3 is 0 Å². The van der Waals surface area contributed by atoms with Gasteiger partial charge in [-0.25, -0.2) is 0 Å². The van der Waals surface area contributed by atoms with Crippen molar-refractivity contribution in [1.82, 2.24) is 24.8 Å². The van der Waals surface area contributed by atoms with Crippen molar-refractivity contribution in [2.24, 2.45) is 0 Å². The van der Waals surface area contributed by atoms with Gasteiger partial charge in [-0.05, 0) is 42.8 Å². The number of piperazine rings is 1. The molecule has 0 radical (unpaired) electrons. The van der Waals surface area contributed by atoms with Crippen molar-refractivity contribution in [3.63, 3.8) is 0 Å². The van der Waals surface area contributed by atoms with Crippen LogP contribution in [0.25, 0.3) is 21.5 Å². The zero-order valence-electron chi connectivity index (χ0n) is 18.5. The van der Waals surface area contributed by atoms with Crippen LogP contribution in [0.2, 0.25) is 4.34 Å². The first-order chi connectivity index (χ1) is 16.1. The van der Waals surface area contributed by atoms with Gasteiger partial charge in [-0.3, -0.25) is 19.7 Å². The fraction of sp³-hybridized carbons (Fsp3) is 0.320. The van der Waals surface area contributed by atoms with Crippen LogP contribution in [0.1, 0.15) is 31.2 Å². The maximum Gasteiger partial charge on any atom is 0.240 e. The highest BCUT2D eigenvalue weighted by Gasteiger charge is 2.34. The average molecular weight is 480 g/mol. The number of amides is 1. The van der Waals surface area contributed by atoms with Crippen molar-refractivity contribution < 1.29 is 4.79 Å². The van der Waals surface area contributed by atoms with Crippen molar-refractivity contribution in [3.8, 4) is 10.6 Å². The summed E-state index contributed by atoms with van der Waals surface area (Å²) in [5.74, 6) is 0.179. The third kappa shape index (κ3) is 4.67. The second kappa shape index (κ2) is 9.63. The molecule has 1 aliphatic heterocycles. The Balaban J connectivity index is 1.33. The number of H-pyrrole nitrogens is 1. The standard InChI is InChI=1S/C25H26ClN5OS/c1-2-4-22-25(32)31(16-21-18-9-11-27-19(18)10-12-28-21)14-13-30(22)15-17-5-3-6-20(29-17)23-7-8-24(26)33-23/h3,5-12,22,27H,2,4,13-16H2,1H3/t22-/m0/s1. The first-order valence-electron chi connectivity index (χ1n) is 11.3. The van der Waals surface area contributed by atoms with Crippen LogP contribution >= 0.6 is 22.9 Å². The molecule has 0 spiro atoms. The summed E-state index contributed by atoms with van der Waals surface area (Å²) in [6, 6.07) is 13.8. The number of nitrogens with one attached hydrogen (secondary N) is 1. The zero-order valence-corrected chi connectivity index (χ0v) is 20.1. The summed E-state index contributed by atoms with van der Waals surface area (Å²) in [6.07, 6.45) is 5.50. The van der Waals surface area contributed by atoms with Gasteiger partial charge < -0.3 is 9.88 Å². The van der Waals surface area contributed by atoms with Gasteiger partial charge in [0, 0.05) is 42.9 Å². The number of halogens is 1. The molecule has 5 rings (SSSR count). The molecule has 6 nitrogen and oxygen atoms in total. The van der Waals surface area contributed by atoms with Crippen LogP contribution < -0.4 is 0 Å². The molecule has 4 aromatic rings. The van der Waals surface area contributed by atoms with Gasteiger partial charge in [0.15, 0.2) is 0 Å². The Morgan fingerprint density at radius 2 is 2.06 bits per heavy atom. The minimum Gasteiger partial charge on any atom is -0.361 e. The van der Waals surface area contributed by atoms with Crippen molar-refractivity contribution >= 4 is 39.7 Å². The molecule has 1 aliphatic rings. The number of thiophene rings is 1. The van der Waals surface area contributed by atoms with E-state index < -0.39 is 0 Å². The number of carbonyl (C=O) groups excluding carboxylic acids is 1. The number of hydrogen-bond donors (Lipinski definition) is 1. The summed E-state index contributed by atoms with van der Waals surface area (Å²) >= 11 is 7.63. The maximum atomic E-state index is 13.5. The molecule has 1 fully saturated rings. The van der Waals surface area contributed by atoms with Gasteiger partial charge in [0.25, 0.3) is 0 Å². The number of rotatable bonds is 7. The number of fused-ring (bicyclic) bond motifs is 1. The number of pyridine rings is 2. The summed E-state index contributed by atoms with van der Waals surface area (Å²) in [5.41, 5.74) is 3.88. The van der Waals surface area contributed by atoms with E-state index >= 15 is 0 Å². The molecule has 0 bridgehead atoms. The molecule has 1 N–H and O–H groups in total. The fourth-order valence-corrected chi connectivity index (χ4v) is 5.54. The second-order valence-corrected chi connectivity index (χ2v) is 10.1. The lowest BCUT2D eigenvalue weighted by Gasteiger charge is -2.40. The van der Waals surface area contributed by atoms with Crippen molar-refractivity contribution in [2.45, 2.75) is 38.9 Å². The summed E-state index contributed by atoms with van der Waals surface area (Å²) in [4.78, 5) is 31.4. The molecule has 0 aliphatic carbocycles. The van der Waals surface area contributed by atoms with E-state index in [1.54, 1.807) is 6.20 Å². The highest BCUT2D eigenvalue weighted by atomic mass is 35.5. The Kier molecular flexibility index (Phi) is 6.44. The van der Waals surface area contributed by atoms with E-state index in [1.165, 1.54) is 11.3 Å². The van der Waals surface area contributed by atoms with E-state index in [4.69, 9.17) is 16.6 Å². The lowest BCUT2D eigenvalue weighted by molar-refractivity contribution is -0.143. The summed E-state index contributed by atoms with van der Waals surface area (Å²) in [7, 11) is 0. The number of aromatic nitrogens is 3. The summed E-state index contributed by atoms with van der Waals surface area (Å²) in [5, 5.41) is 1.08. The molecule has 33 heavy (non-hydrogen) atoms. The Bertz CT molecular complexity index is 1270. The molecule has 1 atom stereocenters. The van der Waals surface area contributed by atoms with Crippen LogP contribution in [0.4, 0.5) is 0 Å². The summed E-state index contributed by atoms with van der Waals surface area (Å²) in [6.45, 7) is 4.82. The topological polar surface area (TPSA) is 65.1 Å². The van der Waals surface area contributed by atoms with Crippen molar-refractivity contribution in [2.75, 3.05) is 13.1 Å². The fourth-order valence-electron chi connectivity index (χ4n) is 4.52. The smallest absolute Gasteiger partial charge is 0.240 e. The van der Waals surface area contributed by atoms with Gasteiger partial charge in [0.1, 0.15) is 0 Å². The van der Waals surface area contributed by atoms with Crippen LogP contribution in [0.5, 0.6) is 0 Å². The largest absolute Gasteiger partial charge is 0.361 e. The third-order valence-corrected chi connectivity index (χ3v) is 7.41. The Morgan fingerprint density at radius 3 is 2.88 bits per heavy atom. The molecule has 0 saturated carbocycles. The lowest BCUT2D eigenvalue weighted by Crippen LogP contribution is -2.56. The molecule has 0 unspecified atom stereocenters. The van der Waals surface area contributed by atoms with E-state index in [2.05, 4.69) is 21.8 Å². The minimum absolute atomic E-state index is 0.143. The van der Waals surface area contributed by atoms with Gasteiger partial charge in [-0.15, -0.1) is 11.3 Å². The van der Waals surface area contributed by atoms with Gasteiger partial charge in [0.2, 0.25) is 5.91 Å². The normalized spacial score (nSPS) is 17.2. The number of aromatic amines is 1. The van der Waals surface area contributed by atoms with Crippen LogP contribution in [-0.2, 0) is 17.9 Å². The quantitative estimate of drug-likeness (QED) is 0.388. The molecular weight excluding hydrogens is 454 g/mol. The monoisotopic (exact) mass is 479 g/mol. The van der Waals surface area contributed by atoms with Gasteiger partial charge in [0.05, 0.1) is 38.9 Å². The van der Waals surface area contributed by atoms with Crippen molar-refractivity contribution in [3.05, 3.63) is 70.6 Å². The molecule has 0 aromatic carbocycles. The Morgan fingerprint density at radius 1 is 1.15 bits per heavy atom. The van der Waals surface area contributed by atoms with Crippen molar-refractivity contribution in [1.29, 1.82) is 0 Å². The zero-order chi connectivity index (χ0) is 22.8. The van der Waals surface area contributed by atoms with Gasteiger partial charge in [-0.1, -0.05) is 31.0 Å². The Labute approximate surface area is 202 Å². The minimum atomic E-state index is -0.143. The molecule has 4 aromatic heterocycles. The molecule has 8 heteroatoms. The molecule has 5 heterocycles. The molecule has 1 saturated heterocycles. The summed E-state index contributed by atoms with van der Waals surface area (Å²) < 4.78 is 0.756. The predicted molar refractivity (Wildman–Crippen MR) is 133 cm³/mol. The highest BCUT2D eigenvalue weighted by Crippen LogP contribution is 2.30. The number of carbonyl (C=O) groups is 1. The highest BCUT2D eigenvalue weighted by molar-refractivity contribution is 7.19. The van der Waals surface area contributed by atoms with Crippen LogP contribution in [0.15, 0.2) is 54.9 Å². The van der Waals surface area contributed by atoms with E-state index in [0.717, 1.165) is 56.6 Å². The maximum absolute atomic E-state index is 13.5. The van der Waals surface area contributed by atoms with Crippen LogP contribution in [0.3, 0.4) is 0 Å². The van der Waals surface area contributed by atoms with E-state index in [-0.39, 0.29) is 11.9 Å². The lowest BCUT2D eigenvalue weighted by atomic mass is 10.0. The predicted octanol–water partition coefficient (Wildman–Crippen LogP) is 5.35. The first kappa shape index (κ1) is 22.1. The Hall–Kier alpha value is -2.74. The van der Waals surface area contributed by atoms with E-state index in [1.807, 2.05) is 53.6 Å². The van der Waals surface area contributed by atoms with Crippen LogP contribution in [-0.4, -0.2) is 49.8 Å². The third-order valence-electron chi connectivity index (χ3n) is 6.16. The number of hydrogen-bond acceptors (Lipinski definition) is 5. The number of nitrogens with zero attached hydrogens (tertiary/aromatic N) is 4. The van der Waals surface area contributed by atoms with E-state index in [0.29, 0.717) is 19.6 Å². The molecular formula is C25H26ClN5OS. The molecule has 1 amide bonds. The van der Waals surface area contributed by atoms with Gasteiger partial charge in [-0.2, -0.15) is 0 Å². The average Bonchev–Trinajstić information content (AvgIpc) is 3.48. The first-order valence-corrected chi connectivity index (χ1v) is 12.5. The van der Waals surface area contributed by atoms with E-state index in [9.17, 15) is 4.79 Å². The second-order valence-electron chi connectivity index (χ2n) is 8.35. The SMILES string of the molecule is CCC[C@H]1C(=O)N(Cc2nccc3[nH]ccc23)CCN1Cc1cccc(-c2ccc(Cl)s2)n1.